The highest BCUT2D eigenvalue weighted by Gasteiger charge is 2.46. The highest BCUT2D eigenvalue weighted by atomic mass is 16.5. The third-order valence-corrected chi connectivity index (χ3v) is 8.16. The number of amides is 2. The second-order valence-electron chi connectivity index (χ2n) is 12.3. The van der Waals surface area contributed by atoms with Crippen molar-refractivity contribution in [3.63, 3.8) is 0 Å². The summed E-state index contributed by atoms with van der Waals surface area (Å²) in [4.78, 5) is 45.7. The second-order valence-corrected chi connectivity index (χ2v) is 12.3. The first-order valence-electron chi connectivity index (χ1n) is 14.7. The Morgan fingerprint density at radius 2 is 1.79 bits per heavy atom. The summed E-state index contributed by atoms with van der Waals surface area (Å²) in [6.45, 7) is 6.66. The number of likely N-dealkylation sites (tertiary alicyclic amines) is 1. The number of nitrogens with one attached hydrogen (secondary N) is 1. The number of aliphatic carboxylic acids is 1. The molecule has 2 amide bonds. The molecule has 2 saturated heterocycles. The fourth-order valence-electron chi connectivity index (χ4n) is 5.73. The third-order valence-electron chi connectivity index (χ3n) is 8.16. The first-order valence-corrected chi connectivity index (χ1v) is 14.7. The van der Waals surface area contributed by atoms with Gasteiger partial charge in [-0.1, -0.05) is 51.1 Å². The number of aromatic nitrogens is 1. The number of carbonyl (C=O) groups excluding carboxylic acids is 2. The largest absolute Gasteiger partial charge is 0.497 e. The van der Waals surface area contributed by atoms with E-state index in [1.54, 1.807) is 7.11 Å². The van der Waals surface area contributed by atoms with Crippen molar-refractivity contribution < 1.29 is 33.7 Å². The van der Waals surface area contributed by atoms with Gasteiger partial charge >= 0.3 is 5.97 Å². The zero-order chi connectivity index (χ0) is 30.7. The molecule has 3 atom stereocenters. The van der Waals surface area contributed by atoms with Crippen LogP contribution in [-0.4, -0.2) is 77.8 Å². The third kappa shape index (κ3) is 6.74. The lowest BCUT2D eigenvalue weighted by molar-refractivity contribution is -0.151. The lowest BCUT2D eigenvalue weighted by atomic mass is 9.85. The zero-order valence-electron chi connectivity index (χ0n) is 25.0. The minimum Gasteiger partial charge on any atom is -0.497 e. The van der Waals surface area contributed by atoms with Crippen LogP contribution >= 0.6 is 0 Å². The molecule has 2 fully saturated rings. The van der Waals surface area contributed by atoms with E-state index in [4.69, 9.17) is 19.2 Å². The van der Waals surface area contributed by atoms with E-state index in [0.29, 0.717) is 48.8 Å². The number of rotatable bonds is 8. The van der Waals surface area contributed by atoms with Gasteiger partial charge in [0.25, 0.3) is 0 Å². The van der Waals surface area contributed by atoms with Crippen LogP contribution in [0.5, 0.6) is 11.5 Å². The number of nitrogens with zero attached hydrogens (tertiary/aromatic N) is 2. The Hall–Kier alpha value is -4.18. The Morgan fingerprint density at radius 1 is 1.07 bits per heavy atom. The molecule has 0 saturated carbocycles. The maximum Gasteiger partial charge on any atom is 0.326 e. The van der Waals surface area contributed by atoms with Crippen LogP contribution in [0.25, 0.3) is 22.2 Å². The van der Waals surface area contributed by atoms with Gasteiger partial charge in [-0.15, -0.1) is 0 Å². The monoisotopic (exact) mass is 589 g/mol. The van der Waals surface area contributed by atoms with E-state index in [0.717, 1.165) is 10.9 Å². The number of methoxy groups -OCH3 is 1. The average Bonchev–Trinajstić information content (AvgIpc) is 3.43. The summed E-state index contributed by atoms with van der Waals surface area (Å²) in [5.41, 5.74) is 1.61. The maximum atomic E-state index is 14.0. The maximum absolute atomic E-state index is 14.0. The summed E-state index contributed by atoms with van der Waals surface area (Å²) in [7, 11) is 1.59. The van der Waals surface area contributed by atoms with E-state index >= 15 is 0 Å². The van der Waals surface area contributed by atoms with Gasteiger partial charge < -0.3 is 29.5 Å². The van der Waals surface area contributed by atoms with Crippen LogP contribution in [0.3, 0.4) is 0 Å². The second kappa shape index (κ2) is 12.6. The minimum absolute atomic E-state index is 0.0656. The Morgan fingerprint density at radius 3 is 2.44 bits per heavy atom. The van der Waals surface area contributed by atoms with Gasteiger partial charge in [0.1, 0.15) is 29.7 Å². The number of carboxylic acids is 1. The van der Waals surface area contributed by atoms with E-state index in [9.17, 15) is 19.5 Å². The molecule has 1 aromatic heterocycles. The van der Waals surface area contributed by atoms with E-state index in [1.165, 1.54) is 4.90 Å². The minimum atomic E-state index is -1.11. The molecule has 0 spiro atoms. The van der Waals surface area contributed by atoms with Gasteiger partial charge in [-0.25, -0.2) is 9.78 Å². The normalized spacial score (nSPS) is 20.0. The highest BCUT2D eigenvalue weighted by Crippen LogP contribution is 2.35. The lowest BCUT2D eigenvalue weighted by Gasteiger charge is -2.36. The molecule has 10 heteroatoms. The summed E-state index contributed by atoms with van der Waals surface area (Å²) < 4.78 is 17.3. The van der Waals surface area contributed by atoms with Crippen molar-refractivity contribution in [2.45, 2.75) is 58.2 Å². The summed E-state index contributed by atoms with van der Waals surface area (Å²) in [6, 6.07) is 15.0. The van der Waals surface area contributed by atoms with Gasteiger partial charge in [-0.2, -0.15) is 0 Å². The predicted molar refractivity (Wildman–Crippen MR) is 161 cm³/mol. The van der Waals surface area contributed by atoms with Crippen molar-refractivity contribution in [1.29, 1.82) is 0 Å². The number of benzene rings is 2. The summed E-state index contributed by atoms with van der Waals surface area (Å²) in [5.74, 6) is -0.805. The molecule has 5 rings (SSSR count). The van der Waals surface area contributed by atoms with Crippen LogP contribution < -0.4 is 14.8 Å². The van der Waals surface area contributed by atoms with Gasteiger partial charge in [0.05, 0.1) is 24.9 Å². The van der Waals surface area contributed by atoms with Gasteiger partial charge in [0.15, 0.2) is 0 Å². The molecular formula is C33H39N3O7. The van der Waals surface area contributed by atoms with Crippen LogP contribution in [-0.2, 0) is 19.1 Å². The molecule has 0 bridgehead atoms. The van der Waals surface area contributed by atoms with Crippen molar-refractivity contribution in [3.05, 3.63) is 54.6 Å². The van der Waals surface area contributed by atoms with E-state index in [1.807, 2.05) is 75.4 Å². The SMILES string of the molecule is COc1ccc2c(OC3CC(C(=O)O)N(C(=O)C(NC(=O)C4CCOCC4)C(C)(C)C)C3)cc(-c3ccccc3)nc2c1. The quantitative estimate of drug-likeness (QED) is 0.398. The molecule has 10 nitrogen and oxygen atoms in total. The molecule has 0 aliphatic carbocycles. The summed E-state index contributed by atoms with van der Waals surface area (Å²) >= 11 is 0. The topological polar surface area (TPSA) is 127 Å². The van der Waals surface area contributed by atoms with Crippen LogP contribution in [0.15, 0.2) is 54.6 Å². The number of carboxylic acid groups (broad SMARTS) is 1. The number of carbonyl (C=O) groups is 3. The molecule has 43 heavy (non-hydrogen) atoms. The van der Waals surface area contributed by atoms with Gasteiger partial charge in [-0.05, 0) is 30.4 Å². The molecule has 228 valence electrons. The van der Waals surface area contributed by atoms with Crippen LogP contribution in [0.2, 0.25) is 0 Å². The molecule has 2 aromatic carbocycles. The number of ether oxygens (including phenoxy) is 3. The Bertz CT molecular complexity index is 1480. The fourth-order valence-corrected chi connectivity index (χ4v) is 5.73. The Labute approximate surface area is 251 Å². The first kappa shape index (κ1) is 30.3. The average molecular weight is 590 g/mol. The summed E-state index contributed by atoms with van der Waals surface area (Å²) in [5, 5.41) is 13.8. The van der Waals surface area contributed by atoms with Gasteiger partial charge in [-0.3, -0.25) is 9.59 Å². The van der Waals surface area contributed by atoms with Crippen molar-refractivity contribution in [1.82, 2.24) is 15.2 Å². The molecule has 2 N–H and O–H groups in total. The summed E-state index contributed by atoms with van der Waals surface area (Å²) in [6.07, 6.45) is 0.691. The van der Waals surface area contributed by atoms with Crippen LogP contribution in [0.1, 0.15) is 40.0 Å². The molecule has 3 heterocycles. The first-order chi connectivity index (χ1) is 20.5. The molecular weight excluding hydrogens is 550 g/mol. The number of fused-ring (bicyclic) bond motifs is 1. The Kier molecular flexibility index (Phi) is 8.87. The zero-order valence-corrected chi connectivity index (χ0v) is 25.0. The number of hydrogen-bond donors (Lipinski definition) is 2. The highest BCUT2D eigenvalue weighted by molar-refractivity contribution is 5.92. The lowest BCUT2D eigenvalue weighted by Crippen LogP contribution is -2.57. The Balaban J connectivity index is 1.42. The predicted octanol–water partition coefficient (Wildman–Crippen LogP) is 4.30. The van der Waals surface area contributed by atoms with Crippen molar-refractivity contribution in [2.24, 2.45) is 11.3 Å². The molecule has 0 radical (unpaired) electrons. The molecule has 2 aliphatic heterocycles. The number of hydrogen-bond acceptors (Lipinski definition) is 7. The standard InChI is InChI=1S/C33H39N3O7/c1-33(2,3)29(35-30(37)21-12-14-42-15-13-21)31(38)36-19-23(17-27(36)32(39)40)43-28-18-25(20-8-6-5-7-9-20)34-26-16-22(41-4)10-11-24(26)28/h5-11,16,18,21,23,27,29H,12-15,17,19H2,1-4H3,(H,35,37)(H,39,40). The fraction of sp³-hybridized carbons (Fsp3) is 0.455. The van der Waals surface area contributed by atoms with Crippen molar-refractivity contribution in [2.75, 3.05) is 26.9 Å². The molecule has 3 unspecified atom stereocenters. The molecule has 2 aliphatic rings. The van der Waals surface area contributed by atoms with E-state index in [-0.39, 0.29) is 24.8 Å². The van der Waals surface area contributed by atoms with Crippen LogP contribution in [0, 0.1) is 11.3 Å². The van der Waals surface area contributed by atoms with Crippen molar-refractivity contribution in [3.8, 4) is 22.8 Å². The van der Waals surface area contributed by atoms with Crippen molar-refractivity contribution >= 4 is 28.7 Å². The van der Waals surface area contributed by atoms with E-state index in [2.05, 4.69) is 5.32 Å². The molecule has 3 aromatic rings. The van der Waals surface area contributed by atoms with Gasteiger partial charge in [0.2, 0.25) is 11.8 Å². The smallest absolute Gasteiger partial charge is 0.326 e. The van der Waals surface area contributed by atoms with E-state index < -0.39 is 35.5 Å². The van der Waals surface area contributed by atoms with Crippen LogP contribution in [0.4, 0.5) is 0 Å². The number of pyridine rings is 1. The van der Waals surface area contributed by atoms with Gasteiger partial charge in [0, 0.05) is 48.6 Å².